The van der Waals surface area contributed by atoms with Crippen LogP contribution in [0.3, 0.4) is 0 Å². The van der Waals surface area contributed by atoms with Crippen LogP contribution in [-0.2, 0) is 31.2 Å². The summed E-state index contributed by atoms with van der Waals surface area (Å²) in [7, 11) is -5.64. The van der Waals surface area contributed by atoms with Crippen molar-refractivity contribution in [3.63, 3.8) is 0 Å². The van der Waals surface area contributed by atoms with E-state index in [1.54, 1.807) is 30.5 Å². The van der Waals surface area contributed by atoms with Crippen molar-refractivity contribution in [3.8, 4) is 33.6 Å². The van der Waals surface area contributed by atoms with E-state index < -0.39 is 32.1 Å². The van der Waals surface area contributed by atoms with Crippen molar-refractivity contribution < 1.29 is 39.3 Å². The lowest BCUT2D eigenvalue weighted by Crippen LogP contribution is -2.47. The molecule has 0 atom stereocenters. The third-order valence-electron chi connectivity index (χ3n) is 8.08. The highest BCUT2D eigenvalue weighted by Crippen LogP contribution is 2.33. The molecule has 262 valence electrons. The van der Waals surface area contributed by atoms with E-state index in [4.69, 9.17) is 9.29 Å². The van der Waals surface area contributed by atoms with Gasteiger partial charge in [0.25, 0.3) is 0 Å². The van der Waals surface area contributed by atoms with Crippen LogP contribution in [0.2, 0.25) is 0 Å². The van der Waals surface area contributed by atoms with Gasteiger partial charge in [-0.3, -0.25) is 14.5 Å². The van der Waals surface area contributed by atoms with Gasteiger partial charge in [0, 0.05) is 62.3 Å². The lowest BCUT2D eigenvalue weighted by atomic mass is 10.0. The first kappa shape index (κ1) is 36.5. The Balaban J connectivity index is 0.000000402. The molecule has 2 aliphatic heterocycles. The van der Waals surface area contributed by atoms with Gasteiger partial charge in [-0.1, -0.05) is 24.3 Å². The second-order valence-electron chi connectivity index (χ2n) is 11.6. The molecule has 0 amide bonds. The topological polar surface area (TPSA) is 133 Å². The van der Waals surface area contributed by atoms with Crippen LogP contribution in [0.5, 0.6) is 0 Å². The molecule has 2 aromatic heterocycles. The number of pyridine rings is 2. The van der Waals surface area contributed by atoms with E-state index in [9.17, 15) is 30.0 Å². The van der Waals surface area contributed by atoms with Gasteiger partial charge in [0.05, 0.1) is 35.1 Å². The minimum absolute atomic E-state index is 0.218. The number of aryl methyl sites for hydroxylation is 1. The minimum Gasteiger partial charge on any atom is -0.379 e. The van der Waals surface area contributed by atoms with Crippen molar-refractivity contribution in [2.24, 2.45) is 0 Å². The smallest absolute Gasteiger partial charge is 0.379 e. The van der Waals surface area contributed by atoms with Gasteiger partial charge >= 0.3 is 16.5 Å². The first-order valence-electron chi connectivity index (χ1n) is 15.3. The molecule has 0 radical (unpaired) electrons. The number of nitrogens with zero attached hydrogens (tertiary/aromatic N) is 5. The van der Waals surface area contributed by atoms with Crippen molar-refractivity contribution in [2.75, 3.05) is 59.5 Å². The molecule has 2 saturated heterocycles. The highest BCUT2D eigenvalue weighted by Gasteiger charge is 2.30. The maximum absolute atomic E-state index is 13.3. The summed E-state index contributed by atoms with van der Waals surface area (Å²) in [5.41, 5.74) is 4.02. The lowest BCUT2D eigenvalue weighted by Gasteiger charge is -2.31. The van der Waals surface area contributed by atoms with Crippen LogP contribution in [0.15, 0.2) is 83.9 Å². The summed E-state index contributed by atoms with van der Waals surface area (Å²) in [4.78, 5) is 11.4. The summed E-state index contributed by atoms with van der Waals surface area (Å²) >= 11 is 0. The zero-order chi connectivity index (χ0) is 35.4. The maximum atomic E-state index is 13.3. The molecule has 0 aliphatic carbocycles. The maximum Gasteiger partial charge on any atom is 0.416 e. The Kier molecular flexibility index (Phi) is 11.2. The van der Waals surface area contributed by atoms with Crippen LogP contribution in [0, 0.1) is 6.92 Å². The standard InChI is InChI=1S/C29H27F3N4O2S.C4H9NO4S/c1-20-16-24(21-6-8-25(9-7-21)29(30,31)32)19-28(34-20)23-10-11-33-27(18-23)22-4-3-5-26(17-22)39(37,38)36-14-12-35(2)13-15-36;6-10(7,8)5-1-3-9-4-2-5/h3-11,16-19H,12-15H2,1-2H3;1-4H2,(H,6,7,8). The van der Waals surface area contributed by atoms with E-state index in [1.165, 1.54) is 16.4 Å². The Morgan fingerprint density at radius 3 is 1.98 bits per heavy atom. The van der Waals surface area contributed by atoms with Crippen molar-refractivity contribution in [3.05, 3.63) is 90.3 Å². The number of morpholine rings is 1. The van der Waals surface area contributed by atoms with Crippen LogP contribution in [0.4, 0.5) is 13.2 Å². The molecule has 11 nitrogen and oxygen atoms in total. The molecule has 4 aromatic rings. The van der Waals surface area contributed by atoms with Gasteiger partial charge in [-0.25, -0.2) is 8.42 Å². The van der Waals surface area contributed by atoms with Crippen molar-refractivity contribution in [2.45, 2.75) is 18.0 Å². The largest absolute Gasteiger partial charge is 0.416 e. The second-order valence-corrected chi connectivity index (χ2v) is 15.0. The number of ether oxygens (including phenoxy) is 1. The Labute approximate surface area is 283 Å². The summed E-state index contributed by atoms with van der Waals surface area (Å²) < 4.78 is 102. The summed E-state index contributed by atoms with van der Waals surface area (Å²) in [6.07, 6.45) is -2.76. The summed E-state index contributed by atoms with van der Waals surface area (Å²) in [5, 5.41) is 0. The lowest BCUT2D eigenvalue weighted by molar-refractivity contribution is -0.137. The Bertz CT molecular complexity index is 1980. The van der Waals surface area contributed by atoms with E-state index >= 15 is 0 Å². The highest BCUT2D eigenvalue weighted by atomic mass is 32.2. The van der Waals surface area contributed by atoms with Gasteiger partial charge in [0.15, 0.2) is 0 Å². The summed E-state index contributed by atoms with van der Waals surface area (Å²) in [5.74, 6) is 0. The molecule has 0 unspecified atom stereocenters. The molecular weight excluding hydrogens is 684 g/mol. The Hall–Kier alpha value is -3.77. The van der Waals surface area contributed by atoms with Crippen LogP contribution in [0.25, 0.3) is 33.6 Å². The van der Waals surface area contributed by atoms with E-state index in [0.717, 1.165) is 27.6 Å². The zero-order valence-corrected chi connectivity index (χ0v) is 28.5. The molecule has 1 N–H and O–H groups in total. The highest BCUT2D eigenvalue weighted by molar-refractivity contribution is 7.89. The van der Waals surface area contributed by atoms with E-state index in [0.29, 0.717) is 67.6 Å². The molecule has 6 rings (SSSR count). The Morgan fingerprint density at radius 2 is 1.37 bits per heavy atom. The molecule has 2 aliphatic rings. The predicted octanol–water partition coefficient (Wildman–Crippen LogP) is 4.86. The molecule has 2 aromatic carbocycles. The van der Waals surface area contributed by atoms with Crippen molar-refractivity contribution in [1.82, 2.24) is 23.5 Å². The third kappa shape index (κ3) is 9.27. The number of sulfonamides is 1. The van der Waals surface area contributed by atoms with Crippen LogP contribution in [-0.4, -0.2) is 104 Å². The first-order chi connectivity index (χ1) is 23.1. The average Bonchev–Trinajstić information content (AvgIpc) is 3.08. The number of rotatable bonds is 6. The molecule has 0 bridgehead atoms. The van der Waals surface area contributed by atoms with Gasteiger partial charge in [-0.2, -0.15) is 30.2 Å². The summed E-state index contributed by atoms with van der Waals surface area (Å²) in [6, 6.07) is 19.1. The van der Waals surface area contributed by atoms with E-state index in [1.807, 2.05) is 38.2 Å². The number of alkyl halides is 3. The molecule has 0 saturated carbocycles. The first-order valence-corrected chi connectivity index (χ1v) is 18.2. The van der Waals surface area contributed by atoms with Crippen LogP contribution < -0.4 is 0 Å². The molecular formula is C33H36F3N5O6S2. The fraction of sp³-hybridized carbons (Fsp3) is 0.333. The SMILES string of the molecule is Cc1cc(-c2ccc(C(F)(F)F)cc2)cc(-c2ccnc(-c3cccc(S(=O)(=O)N4CCN(C)CC4)c3)c2)n1.O=S(=O)(O)N1CCOCC1. The minimum atomic E-state index is -4.40. The van der Waals surface area contributed by atoms with Gasteiger partial charge in [-0.05, 0) is 73.6 Å². The Morgan fingerprint density at radius 1 is 0.735 bits per heavy atom. The van der Waals surface area contributed by atoms with Gasteiger partial charge in [-0.15, -0.1) is 0 Å². The number of aromatic nitrogens is 2. The van der Waals surface area contributed by atoms with Crippen molar-refractivity contribution in [1.29, 1.82) is 0 Å². The number of piperazine rings is 1. The van der Waals surface area contributed by atoms with E-state index in [-0.39, 0.29) is 18.0 Å². The normalized spacial score (nSPS) is 16.9. The van der Waals surface area contributed by atoms with Gasteiger partial charge in [0.1, 0.15) is 0 Å². The fourth-order valence-corrected chi connectivity index (χ4v) is 7.43. The fourth-order valence-electron chi connectivity index (χ4n) is 5.35. The number of benzene rings is 2. The zero-order valence-electron chi connectivity index (χ0n) is 26.8. The quantitative estimate of drug-likeness (QED) is 0.278. The van der Waals surface area contributed by atoms with E-state index in [2.05, 4.69) is 14.9 Å². The molecule has 49 heavy (non-hydrogen) atoms. The molecule has 16 heteroatoms. The van der Waals surface area contributed by atoms with Crippen LogP contribution >= 0.6 is 0 Å². The van der Waals surface area contributed by atoms with Crippen LogP contribution in [0.1, 0.15) is 11.3 Å². The van der Waals surface area contributed by atoms with Crippen molar-refractivity contribution >= 4 is 20.3 Å². The monoisotopic (exact) mass is 719 g/mol. The van der Waals surface area contributed by atoms with Gasteiger partial charge < -0.3 is 9.64 Å². The number of likely N-dealkylation sites (N-methyl/N-ethyl adjacent to an activating group) is 1. The summed E-state index contributed by atoms with van der Waals surface area (Å²) in [6.45, 7) is 5.29. The third-order valence-corrected chi connectivity index (χ3v) is 11.0. The average molecular weight is 720 g/mol. The predicted molar refractivity (Wildman–Crippen MR) is 178 cm³/mol. The molecule has 2 fully saturated rings. The number of halogens is 3. The number of hydrogen-bond acceptors (Lipinski definition) is 8. The van der Waals surface area contributed by atoms with Gasteiger partial charge in [0.2, 0.25) is 10.0 Å². The second kappa shape index (κ2) is 15.0. The number of hydrogen-bond donors (Lipinski definition) is 1. The molecule has 4 heterocycles. The molecule has 0 spiro atoms.